The van der Waals surface area contributed by atoms with Gasteiger partial charge in [-0.15, -0.1) is 0 Å². The van der Waals surface area contributed by atoms with Gasteiger partial charge in [0.2, 0.25) is 0 Å². The number of aliphatic hydroxyl groups excluding tert-OH is 1. The second kappa shape index (κ2) is 5.44. The highest BCUT2D eigenvalue weighted by atomic mass is 16.5. The Bertz CT molecular complexity index is 384. The number of pyridine rings is 1. The monoisotopic (exact) mass is 237 g/mol. The lowest BCUT2D eigenvalue weighted by Gasteiger charge is -2.34. The zero-order valence-corrected chi connectivity index (χ0v) is 10.1. The van der Waals surface area contributed by atoms with E-state index in [1.54, 1.807) is 0 Å². The Labute approximate surface area is 101 Å². The maximum atomic E-state index is 9.14. The van der Waals surface area contributed by atoms with Crippen molar-refractivity contribution in [2.45, 2.75) is 19.6 Å². The lowest BCUT2D eigenvalue weighted by Crippen LogP contribution is -2.45. The summed E-state index contributed by atoms with van der Waals surface area (Å²) in [5.74, 6) is 0.925. The van der Waals surface area contributed by atoms with Crippen molar-refractivity contribution in [3.05, 3.63) is 23.4 Å². The molecule has 5 heteroatoms. The van der Waals surface area contributed by atoms with Crippen LogP contribution in [0.3, 0.4) is 0 Å². The third-order valence-corrected chi connectivity index (χ3v) is 2.96. The van der Waals surface area contributed by atoms with Crippen molar-refractivity contribution in [2.75, 3.05) is 31.2 Å². The SMILES string of the molecule is Cc1ccc(CN)c(N2CCOC(CO)C2)n1. The number of hydrogen-bond donors (Lipinski definition) is 2. The number of hydrogen-bond acceptors (Lipinski definition) is 5. The number of morpholine rings is 1. The largest absolute Gasteiger partial charge is 0.394 e. The van der Waals surface area contributed by atoms with Crippen molar-refractivity contribution >= 4 is 5.82 Å². The van der Waals surface area contributed by atoms with Crippen molar-refractivity contribution in [3.63, 3.8) is 0 Å². The van der Waals surface area contributed by atoms with Gasteiger partial charge in [0.25, 0.3) is 0 Å². The number of nitrogens with zero attached hydrogens (tertiary/aromatic N) is 2. The highest BCUT2D eigenvalue weighted by Crippen LogP contribution is 2.20. The summed E-state index contributed by atoms with van der Waals surface area (Å²) in [7, 11) is 0. The number of rotatable bonds is 3. The Morgan fingerprint density at radius 2 is 2.41 bits per heavy atom. The van der Waals surface area contributed by atoms with Crippen LogP contribution in [-0.2, 0) is 11.3 Å². The van der Waals surface area contributed by atoms with E-state index in [9.17, 15) is 0 Å². The molecule has 17 heavy (non-hydrogen) atoms. The molecule has 0 radical (unpaired) electrons. The summed E-state index contributed by atoms with van der Waals surface area (Å²) in [5.41, 5.74) is 7.74. The van der Waals surface area contributed by atoms with Crippen molar-refractivity contribution in [1.82, 2.24) is 4.98 Å². The van der Waals surface area contributed by atoms with E-state index in [0.29, 0.717) is 19.7 Å². The number of aliphatic hydroxyl groups is 1. The Balaban J connectivity index is 2.22. The molecule has 0 amide bonds. The van der Waals surface area contributed by atoms with E-state index in [-0.39, 0.29) is 12.7 Å². The van der Waals surface area contributed by atoms with E-state index < -0.39 is 0 Å². The maximum Gasteiger partial charge on any atom is 0.133 e. The smallest absolute Gasteiger partial charge is 0.133 e. The summed E-state index contributed by atoms with van der Waals surface area (Å²) in [6.45, 7) is 4.56. The predicted molar refractivity (Wildman–Crippen MR) is 65.9 cm³/mol. The van der Waals surface area contributed by atoms with Gasteiger partial charge >= 0.3 is 0 Å². The minimum absolute atomic E-state index is 0.0419. The van der Waals surface area contributed by atoms with Crippen molar-refractivity contribution in [2.24, 2.45) is 5.73 Å². The van der Waals surface area contributed by atoms with Crippen LogP contribution in [0, 0.1) is 6.92 Å². The second-order valence-electron chi connectivity index (χ2n) is 4.26. The van der Waals surface area contributed by atoms with E-state index in [1.807, 2.05) is 19.1 Å². The molecule has 1 aliphatic heterocycles. The van der Waals surface area contributed by atoms with E-state index in [2.05, 4.69) is 9.88 Å². The molecule has 1 unspecified atom stereocenters. The predicted octanol–water partition coefficient (Wildman–Crippen LogP) is 0.0462. The van der Waals surface area contributed by atoms with Gasteiger partial charge in [-0.05, 0) is 13.0 Å². The molecule has 3 N–H and O–H groups in total. The molecule has 1 aromatic rings. The molecule has 94 valence electrons. The number of aryl methyl sites for hydroxylation is 1. The van der Waals surface area contributed by atoms with Gasteiger partial charge in [0, 0.05) is 30.9 Å². The van der Waals surface area contributed by atoms with E-state index in [1.165, 1.54) is 0 Å². The van der Waals surface area contributed by atoms with E-state index >= 15 is 0 Å². The van der Waals surface area contributed by atoms with Crippen molar-refractivity contribution in [3.8, 4) is 0 Å². The van der Waals surface area contributed by atoms with Crippen LogP contribution in [0.5, 0.6) is 0 Å². The molecule has 1 saturated heterocycles. The minimum atomic E-state index is -0.128. The number of aromatic nitrogens is 1. The molecule has 0 aromatic carbocycles. The first-order valence-corrected chi connectivity index (χ1v) is 5.88. The molecule has 0 spiro atoms. The van der Waals surface area contributed by atoms with Gasteiger partial charge in [-0.25, -0.2) is 4.98 Å². The first-order valence-electron chi connectivity index (χ1n) is 5.88. The van der Waals surface area contributed by atoms with E-state index in [4.69, 9.17) is 15.6 Å². The van der Waals surface area contributed by atoms with Gasteiger partial charge < -0.3 is 20.5 Å². The van der Waals surface area contributed by atoms with Gasteiger partial charge in [-0.3, -0.25) is 0 Å². The molecule has 1 atom stereocenters. The number of ether oxygens (including phenoxy) is 1. The van der Waals surface area contributed by atoms with Gasteiger partial charge in [0.15, 0.2) is 0 Å². The molecule has 1 aliphatic rings. The third-order valence-electron chi connectivity index (χ3n) is 2.96. The molecule has 0 saturated carbocycles. The first kappa shape index (κ1) is 12.3. The molecular formula is C12H19N3O2. The lowest BCUT2D eigenvalue weighted by molar-refractivity contribution is 0.00331. The molecule has 0 bridgehead atoms. The van der Waals surface area contributed by atoms with Gasteiger partial charge in [-0.1, -0.05) is 6.07 Å². The minimum Gasteiger partial charge on any atom is -0.394 e. The second-order valence-corrected chi connectivity index (χ2v) is 4.26. The molecule has 1 aromatic heterocycles. The highest BCUT2D eigenvalue weighted by Gasteiger charge is 2.22. The Kier molecular flexibility index (Phi) is 3.93. The van der Waals surface area contributed by atoms with E-state index in [0.717, 1.165) is 23.6 Å². The lowest BCUT2D eigenvalue weighted by atomic mass is 10.2. The average Bonchev–Trinajstić information content (AvgIpc) is 2.39. The molecule has 1 fully saturated rings. The van der Waals surface area contributed by atoms with Crippen LogP contribution in [0.25, 0.3) is 0 Å². The molecule has 2 heterocycles. The fraction of sp³-hybridized carbons (Fsp3) is 0.583. The quantitative estimate of drug-likeness (QED) is 0.777. The summed E-state index contributed by atoms with van der Waals surface area (Å²) in [4.78, 5) is 6.68. The van der Waals surface area contributed by atoms with Crippen LogP contribution in [0.2, 0.25) is 0 Å². The Morgan fingerprint density at radius 1 is 1.59 bits per heavy atom. The summed E-state index contributed by atoms with van der Waals surface area (Å²) in [5, 5.41) is 9.14. The van der Waals surface area contributed by atoms with Crippen LogP contribution < -0.4 is 10.6 Å². The normalized spacial score (nSPS) is 20.6. The fourth-order valence-corrected chi connectivity index (χ4v) is 2.03. The van der Waals surface area contributed by atoms with Crippen molar-refractivity contribution in [1.29, 1.82) is 0 Å². The highest BCUT2D eigenvalue weighted by molar-refractivity contribution is 5.48. The van der Waals surface area contributed by atoms with Gasteiger partial charge in [0.1, 0.15) is 5.82 Å². The van der Waals surface area contributed by atoms with Crippen LogP contribution >= 0.6 is 0 Å². The maximum absolute atomic E-state index is 9.14. The molecule has 0 aliphatic carbocycles. The van der Waals surface area contributed by atoms with Crippen molar-refractivity contribution < 1.29 is 9.84 Å². The summed E-state index contributed by atoms with van der Waals surface area (Å²) in [6.07, 6.45) is -0.128. The standard InChI is InChI=1S/C12H19N3O2/c1-9-2-3-10(6-13)12(14-9)15-4-5-17-11(7-15)8-16/h2-3,11,16H,4-8,13H2,1H3. The number of anilines is 1. The van der Waals surface area contributed by atoms with Crippen LogP contribution in [-0.4, -0.2) is 42.5 Å². The first-order chi connectivity index (χ1) is 8.24. The summed E-state index contributed by atoms with van der Waals surface area (Å²) >= 11 is 0. The summed E-state index contributed by atoms with van der Waals surface area (Å²) < 4.78 is 5.43. The zero-order valence-electron chi connectivity index (χ0n) is 10.1. The topological polar surface area (TPSA) is 71.6 Å². The zero-order chi connectivity index (χ0) is 12.3. The number of nitrogens with two attached hydrogens (primary N) is 1. The summed E-state index contributed by atoms with van der Waals surface area (Å²) in [6, 6.07) is 3.98. The Morgan fingerprint density at radius 3 is 3.12 bits per heavy atom. The Hall–Kier alpha value is -1.17. The van der Waals surface area contributed by atoms with Crippen LogP contribution in [0.1, 0.15) is 11.3 Å². The molecular weight excluding hydrogens is 218 g/mol. The van der Waals surface area contributed by atoms with Gasteiger partial charge in [-0.2, -0.15) is 0 Å². The molecule has 5 nitrogen and oxygen atoms in total. The van der Waals surface area contributed by atoms with Crippen LogP contribution in [0.15, 0.2) is 12.1 Å². The van der Waals surface area contributed by atoms with Crippen LogP contribution in [0.4, 0.5) is 5.82 Å². The average molecular weight is 237 g/mol. The fourth-order valence-electron chi connectivity index (χ4n) is 2.03. The third kappa shape index (κ3) is 2.74. The molecule has 2 rings (SSSR count). The van der Waals surface area contributed by atoms with Gasteiger partial charge in [0.05, 0.1) is 19.3 Å².